The lowest BCUT2D eigenvalue weighted by Gasteiger charge is -2.01. The van der Waals surface area contributed by atoms with Gasteiger partial charge in [-0.1, -0.05) is 15.9 Å². The molecule has 0 bridgehead atoms. The van der Waals surface area contributed by atoms with Crippen molar-refractivity contribution in [2.24, 2.45) is 0 Å². The summed E-state index contributed by atoms with van der Waals surface area (Å²) in [5, 5.41) is 0. The van der Waals surface area contributed by atoms with Crippen LogP contribution in [0.2, 0.25) is 0 Å². The number of ketones is 1. The van der Waals surface area contributed by atoms with E-state index in [1.165, 1.54) is 24.5 Å². The van der Waals surface area contributed by atoms with Crippen molar-refractivity contribution in [1.82, 2.24) is 4.98 Å². The minimum atomic E-state index is -0.438. The highest BCUT2D eigenvalue weighted by Gasteiger charge is 2.10. The van der Waals surface area contributed by atoms with E-state index in [2.05, 4.69) is 20.9 Å². The molecule has 4 heteroatoms. The van der Waals surface area contributed by atoms with E-state index in [9.17, 15) is 9.18 Å². The van der Waals surface area contributed by atoms with E-state index in [0.29, 0.717) is 15.6 Å². The van der Waals surface area contributed by atoms with Crippen LogP contribution in [0.15, 0.2) is 47.2 Å². The molecule has 0 N–H and O–H groups in total. The maximum Gasteiger partial charge on any atom is 0.193 e. The number of pyridine rings is 1. The Kier molecular flexibility index (Phi) is 3.10. The Bertz CT molecular complexity index is 508. The molecule has 0 aliphatic rings. The number of benzene rings is 1. The van der Waals surface area contributed by atoms with Crippen molar-refractivity contribution in [3.05, 3.63) is 64.1 Å². The second-order valence-corrected chi connectivity index (χ2v) is 4.14. The van der Waals surface area contributed by atoms with Crippen LogP contribution < -0.4 is 0 Å². The fraction of sp³-hybridized carbons (Fsp3) is 0. The first kappa shape index (κ1) is 11.0. The Labute approximate surface area is 100 Å². The van der Waals surface area contributed by atoms with E-state index >= 15 is 0 Å². The van der Waals surface area contributed by atoms with Crippen LogP contribution in [0.1, 0.15) is 15.9 Å². The largest absolute Gasteiger partial charge is 0.289 e. The number of hydrogen-bond donors (Lipinski definition) is 0. The topological polar surface area (TPSA) is 30.0 Å². The lowest BCUT2D eigenvalue weighted by molar-refractivity contribution is 0.103. The molecule has 0 radical (unpaired) electrons. The average molecular weight is 280 g/mol. The Morgan fingerprint density at radius 1 is 1.12 bits per heavy atom. The van der Waals surface area contributed by atoms with Crippen molar-refractivity contribution >= 4 is 21.7 Å². The molecule has 0 saturated carbocycles. The quantitative estimate of drug-likeness (QED) is 0.790. The van der Waals surface area contributed by atoms with Gasteiger partial charge in [0, 0.05) is 28.0 Å². The van der Waals surface area contributed by atoms with Gasteiger partial charge in [0.25, 0.3) is 0 Å². The third-order valence-electron chi connectivity index (χ3n) is 2.07. The van der Waals surface area contributed by atoms with Gasteiger partial charge in [-0.15, -0.1) is 0 Å². The van der Waals surface area contributed by atoms with E-state index in [-0.39, 0.29) is 5.78 Å². The second-order valence-electron chi connectivity index (χ2n) is 3.22. The monoisotopic (exact) mass is 279 g/mol. The summed E-state index contributed by atoms with van der Waals surface area (Å²) in [6, 6.07) is 7.31. The van der Waals surface area contributed by atoms with Gasteiger partial charge in [-0.25, -0.2) is 4.39 Å². The first-order valence-corrected chi connectivity index (χ1v) is 5.37. The molecule has 2 nitrogen and oxygen atoms in total. The molecule has 0 aliphatic heterocycles. The Balaban J connectivity index is 2.42. The molecule has 80 valence electrons. The number of nitrogens with zero attached hydrogens (tertiary/aromatic N) is 1. The fourth-order valence-corrected chi connectivity index (χ4v) is 1.82. The molecule has 0 atom stereocenters. The summed E-state index contributed by atoms with van der Waals surface area (Å²) >= 11 is 3.15. The summed E-state index contributed by atoms with van der Waals surface area (Å²) in [5.41, 5.74) is 0.811. The molecular formula is C12H7BrFNO. The van der Waals surface area contributed by atoms with Gasteiger partial charge in [0.15, 0.2) is 5.78 Å². The summed E-state index contributed by atoms with van der Waals surface area (Å²) in [4.78, 5) is 15.8. The number of carbonyl (C=O) groups is 1. The standard InChI is InChI=1S/C12H7BrFNO/c13-10-5-9(6-11(14)7-10)12(16)8-1-3-15-4-2-8/h1-7H. The first-order chi connectivity index (χ1) is 7.66. The number of hydrogen-bond acceptors (Lipinski definition) is 2. The molecular weight excluding hydrogens is 273 g/mol. The number of carbonyl (C=O) groups excluding carboxylic acids is 1. The molecule has 1 aromatic carbocycles. The van der Waals surface area contributed by atoms with E-state index in [0.717, 1.165) is 0 Å². The van der Waals surface area contributed by atoms with Gasteiger partial charge >= 0.3 is 0 Å². The Morgan fingerprint density at radius 2 is 1.81 bits per heavy atom. The molecule has 1 aromatic heterocycles. The highest BCUT2D eigenvalue weighted by atomic mass is 79.9. The van der Waals surface area contributed by atoms with Crippen LogP contribution >= 0.6 is 15.9 Å². The van der Waals surface area contributed by atoms with E-state index in [1.54, 1.807) is 18.2 Å². The minimum absolute atomic E-state index is 0.220. The lowest BCUT2D eigenvalue weighted by atomic mass is 10.0. The van der Waals surface area contributed by atoms with Crippen molar-refractivity contribution in [2.45, 2.75) is 0 Å². The molecule has 0 fully saturated rings. The van der Waals surface area contributed by atoms with Crippen molar-refractivity contribution in [3.8, 4) is 0 Å². The molecule has 0 amide bonds. The van der Waals surface area contributed by atoms with Crippen molar-refractivity contribution in [2.75, 3.05) is 0 Å². The molecule has 0 aliphatic carbocycles. The van der Waals surface area contributed by atoms with Crippen molar-refractivity contribution in [3.63, 3.8) is 0 Å². The third-order valence-corrected chi connectivity index (χ3v) is 2.53. The summed E-state index contributed by atoms with van der Waals surface area (Å²) in [5.74, 6) is -0.658. The smallest absolute Gasteiger partial charge is 0.193 e. The van der Waals surface area contributed by atoms with E-state index < -0.39 is 5.82 Å². The van der Waals surface area contributed by atoms with Crippen LogP contribution in [-0.4, -0.2) is 10.8 Å². The fourth-order valence-electron chi connectivity index (χ4n) is 1.35. The third kappa shape index (κ3) is 2.33. The van der Waals surface area contributed by atoms with Crippen LogP contribution in [-0.2, 0) is 0 Å². The molecule has 1 heterocycles. The van der Waals surface area contributed by atoms with Gasteiger partial charge in [-0.2, -0.15) is 0 Å². The zero-order chi connectivity index (χ0) is 11.5. The second kappa shape index (κ2) is 4.53. The molecule has 0 unspecified atom stereocenters. The van der Waals surface area contributed by atoms with Crippen LogP contribution in [0.4, 0.5) is 4.39 Å². The molecule has 16 heavy (non-hydrogen) atoms. The summed E-state index contributed by atoms with van der Waals surface area (Å²) in [6.45, 7) is 0. The summed E-state index contributed by atoms with van der Waals surface area (Å²) in [7, 11) is 0. The molecule has 0 saturated heterocycles. The first-order valence-electron chi connectivity index (χ1n) is 4.57. The van der Waals surface area contributed by atoms with E-state index in [4.69, 9.17) is 0 Å². The van der Waals surface area contributed by atoms with Crippen molar-refractivity contribution in [1.29, 1.82) is 0 Å². The Morgan fingerprint density at radius 3 is 2.44 bits per heavy atom. The van der Waals surface area contributed by atoms with Crippen LogP contribution in [0.3, 0.4) is 0 Å². The minimum Gasteiger partial charge on any atom is -0.289 e. The van der Waals surface area contributed by atoms with Gasteiger partial charge in [0.05, 0.1) is 0 Å². The normalized spacial score (nSPS) is 10.1. The zero-order valence-corrected chi connectivity index (χ0v) is 9.74. The average Bonchev–Trinajstić information content (AvgIpc) is 2.28. The van der Waals surface area contributed by atoms with Gasteiger partial charge in [0.1, 0.15) is 5.82 Å². The Hall–Kier alpha value is -1.55. The summed E-state index contributed by atoms with van der Waals surface area (Å²) in [6.07, 6.45) is 3.06. The molecule has 0 spiro atoms. The number of aromatic nitrogens is 1. The highest BCUT2D eigenvalue weighted by molar-refractivity contribution is 9.10. The highest BCUT2D eigenvalue weighted by Crippen LogP contribution is 2.17. The SMILES string of the molecule is O=C(c1ccncc1)c1cc(F)cc(Br)c1. The maximum absolute atomic E-state index is 13.1. The predicted molar refractivity (Wildman–Crippen MR) is 61.8 cm³/mol. The van der Waals surface area contributed by atoms with Crippen LogP contribution in [0.5, 0.6) is 0 Å². The molecule has 2 rings (SSSR count). The maximum atomic E-state index is 13.1. The van der Waals surface area contributed by atoms with E-state index in [1.807, 2.05) is 0 Å². The molecule has 2 aromatic rings. The van der Waals surface area contributed by atoms with Gasteiger partial charge in [-0.05, 0) is 30.3 Å². The lowest BCUT2D eigenvalue weighted by Crippen LogP contribution is -2.01. The van der Waals surface area contributed by atoms with Gasteiger partial charge in [-0.3, -0.25) is 9.78 Å². The summed E-state index contributed by atoms with van der Waals surface area (Å²) < 4.78 is 13.7. The number of rotatable bonds is 2. The van der Waals surface area contributed by atoms with Gasteiger partial charge in [0.2, 0.25) is 0 Å². The van der Waals surface area contributed by atoms with Crippen LogP contribution in [0.25, 0.3) is 0 Å². The van der Waals surface area contributed by atoms with Gasteiger partial charge < -0.3 is 0 Å². The predicted octanol–water partition coefficient (Wildman–Crippen LogP) is 3.21. The van der Waals surface area contributed by atoms with Crippen LogP contribution in [0, 0.1) is 5.82 Å². The zero-order valence-electron chi connectivity index (χ0n) is 8.15. The van der Waals surface area contributed by atoms with Crippen molar-refractivity contribution < 1.29 is 9.18 Å². The number of halogens is 2.